The molecule has 222 valence electrons. The fourth-order valence-corrected chi connectivity index (χ4v) is 7.02. The fourth-order valence-electron chi connectivity index (χ4n) is 6.00. The number of aliphatic imine (C=N–C) groups is 1. The van der Waals surface area contributed by atoms with Gasteiger partial charge in [-0.25, -0.2) is 27.1 Å². The maximum atomic E-state index is 13.6. The highest BCUT2D eigenvalue weighted by Crippen LogP contribution is 2.42. The van der Waals surface area contributed by atoms with Crippen LogP contribution in [0.25, 0.3) is 11.3 Å². The smallest absolute Gasteiger partial charge is 0.211 e. The summed E-state index contributed by atoms with van der Waals surface area (Å²) in [6, 6.07) is 10.4. The third kappa shape index (κ3) is 5.53. The van der Waals surface area contributed by atoms with Gasteiger partial charge in [0.15, 0.2) is 0 Å². The number of amidine groups is 1. The number of benzene rings is 1. The van der Waals surface area contributed by atoms with E-state index in [9.17, 15) is 18.1 Å². The molecule has 2 aliphatic heterocycles. The molecule has 5 rings (SSSR count). The maximum Gasteiger partial charge on any atom is 0.211 e. The van der Waals surface area contributed by atoms with Gasteiger partial charge in [-0.05, 0) is 75.9 Å². The minimum absolute atomic E-state index is 0.0827. The van der Waals surface area contributed by atoms with E-state index in [4.69, 9.17) is 9.98 Å². The van der Waals surface area contributed by atoms with E-state index in [2.05, 4.69) is 41.5 Å². The molecule has 0 unspecified atom stereocenters. The van der Waals surface area contributed by atoms with Gasteiger partial charge in [0.1, 0.15) is 23.1 Å². The Morgan fingerprint density at radius 2 is 1.83 bits per heavy atom. The van der Waals surface area contributed by atoms with Crippen LogP contribution in [0.1, 0.15) is 50.4 Å². The predicted molar refractivity (Wildman–Crippen MR) is 166 cm³/mol. The molecule has 4 heterocycles. The largest absolute Gasteiger partial charge is 0.370 e. The highest BCUT2D eigenvalue weighted by molar-refractivity contribution is 7.88. The minimum atomic E-state index is -3.13. The summed E-state index contributed by atoms with van der Waals surface area (Å²) in [5.74, 6) is 1.23. The lowest BCUT2D eigenvalue weighted by Crippen LogP contribution is -2.61. The average molecular weight is 592 g/mol. The van der Waals surface area contributed by atoms with E-state index in [0.29, 0.717) is 35.8 Å². The highest BCUT2D eigenvalue weighted by atomic mass is 32.2. The molecule has 0 radical (unpaired) electrons. The summed E-state index contributed by atoms with van der Waals surface area (Å²) in [5.41, 5.74) is 5.67. The maximum absolute atomic E-state index is 13.6. The number of allylic oxidation sites excluding steroid dienone is 1. The lowest BCUT2D eigenvalue weighted by Gasteiger charge is -2.53. The molecule has 2 fully saturated rings. The lowest BCUT2D eigenvalue weighted by atomic mass is 9.73. The number of aryl methyl sites for hydroxylation is 2. The Morgan fingerprint density at radius 3 is 2.40 bits per heavy atom. The zero-order chi connectivity index (χ0) is 30.4. The number of imidazole rings is 1. The topological polar surface area (TPSA) is 97.3 Å². The van der Waals surface area contributed by atoms with Gasteiger partial charge in [0.25, 0.3) is 0 Å². The highest BCUT2D eigenvalue weighted by Gasteiger charge is 2.48. The normalized spacial score (nSPS) is 18.1. The quantitative estimate of drug-likeness (QED) is 0.227. The monoisotopic (exact) mass is 591 g/mol. The molecular formula is C31H38FN7O2S. The number of nitriles is 1. The number of fused-ring (bicyclic) bond motifs is 1. The molecule has 0 saturated carbocycles. The third-order valence-corrected chi connectivity index (χ3v) is 9.86. The first-order valence-electron chi connectivity index (χ1n) is 14.2. The zero-order valence-electron chi connectivity index (χ0n) is 25.1. The lowest BCUT2D eigenvalue weighted by molar-refractivity contribution is 0.0443. The Labute approximate surface area is 247 Å². The van der Waals surface area contributed by atoms with Crippen molar-refractivity contribution in [3.63, 3.8) is 0 Å². The van der Waals surface area contributed by atoms with Gasteiger partial charge in [-0.3, -0.25) is 4.40 Å². The molecule has 11 heteroatoms. The number of pyridine rings is 1. The van der Waals surface area contributed by atoms with Crippen LogP contribution >= 0.6 is 0 Å². The van der Waals surface area contributed by atoms with Crippen LogP contribution < -0.4 is 9.80 Å². The molecule has 3 aromatic rings. The second kappa shape index (κ2) is 11.2. The van der Waals surface area contributed by atoms with Gasteiger partial charge in [-0.15, -0.1) is 0 Å². The van der Waals surface area contributed by atoms with Gasteiger partial charge in [0, 0.05) is 50.4 Å². The second-order valence-electron chi connectivity index (χ2n) is 11.6. The van der Waals surface area contributed by atoms with E-state index < -0.39 is 10.0 Å². The fraction of sp³-hybridized carbons (Fsp3) is 0.452. The Kier molecular flexibility index (Phi) is 7.89. The van der Waals surface area contributed by atoms with Crippen molar-refractivity contribution in [3.8, 4) is 6.07 Å². The second-order valence-corrected chi connectivity index (χ2v) is 13.6. The first kappa shape index (κ1) is 29.7. The molecule has 0 N–H and O–H groups in total. The van der Waals surface area contributed by atoms with E-state index in [1.165, 1.54) is 18.4 Å². The molecule has 1 aromatic carbocycles. The van der Waals surface area contributed by atoms with Gasteiger partial charge in [-0.1, -0.05) is 6.92 Å². The van der Waals surface area contributed by atoms with Gasteiger partial charge < -0.3 is 9.80 Å². The Hall–Kier alpha value is -3.75. The number of hydrogen-bond acceptors (Lipinski definition) is 6. The van der Waals surface area contributed by atoms with Gasteiger partial charge in [0.05, 0.1) is 35.0 Å². The number of piperidine rings is 1. The van der Waals surface area contributed by atoms with E-state index in [-0.39, 0.29) is 11.2 Å². The summed E-state index contributed by atoms with van der Waals surface area (Å²) in [5, 5.41) is 9.65. The van der Waals surface area contributed by atoms with Gasteiger partial charge in [-0.2, -0.15) is 5.26 Å². The van der Waals surface area contributed by atoms with Crippen molar-refractivity contribution in [2.24, 2.45) is 10.4 Å². The van der Waals surface area contributed by atoms with Crippen LogP contribution in [0.5, 0.6) is 0 Å². The van der Waals surface area contributed by atoms with Crippen molar-refractivity contribution in [3.05, 3.63) is 64.7 Å². The average Bonchev–Trinajstić information content (AvgIpc) is 3.33. The van der Waals surface area contributed by atoms with Crippen molar-refractivity contribution in [1.29, 1.82) is 5.26 Å². The zero-order valence-corrected chi connectivity index (χ0v) is 26.0. The van der Waals surface area contributed by atoms with Crippen molar-refractivity contribution >= 4 is 38.7 Å². The molecule has 42 heavy (non-hydrogen) atoms. The summed E-state index contributed by atoms with van der Waals surface area (Å²) in [6.45, 7) is 10.7. The molecule has 0 amide bonds. The summed E-state index contributed by atoms with van der Waals surface area (Å²) >= 11 is 0. The molecule has 1 spiro atoms. The molecule has 0 bridgehead atoms. The number of nitrogens with zero attached hydrogens (tertiary/aromatic N) is 7. The van der Waals surface area contributed by atoms with Crippen molar-refractivity contribution in [1.82, 2.24) is 13.7 Å². The standard InChI is InChI=1S/C31H38FN7O2S/c1-7-27-30(36(5)23(4)34-28(22(3)17-33)24-8-10-25(32)11-9-24)39-18-26(16-21(2)29(39)35-27)37-14-12-31(13-15-37)19-38(20-31)42(6,40)41/h8-11,16,18H,7,12-15,19-20H2,1-6H3/b28-22+,34-23+. The van der Waals surface area contributed by atoms with E-state index in [1.807, 2.05) is 18.9 Å². The minimum Gasteiger partial charge on any atom is -0.370 e. The molecule has 2 aliphatic rings. The van der Waals surface area contributed by atoms with Crippen molar-refractivity contribution in [2.75, 3.05) is 49.3 Å². The van der Waals surface area contributed by atoms with Crippen LogP contribution in [0.15, 0.2) is 47.1 Å². The van der Waals surface area contributed by atoms with Gasteiger partial charge >= 0.3 is 0 Å². The SMILES string of the molecule is CCc1nc2c(C)cc(N3CCC4(CC3)CN(S(C)(=O)=O)C4)cn2c1N(C)/C(C)=N/C(=C(\C)C#N)c1ccc(F)cc1. The molecule has 2 saturated heterocycles. The van der Waals surface area contributed by atoms with Crippen LogP contribution in [0, 0.1) is 29.5 Å². The van der Waals surface area contributed by atoms with Crippen LogP contribution in [-0.4, -0.2) is 67.4 Å². The number of hydrogen-bond donors (Lipinski definition) is 0. The van der Waals surface area contributed by atoms with Crippen LogP contribution in [0.3, 0.4) is 0 Å². The number of anilines is 2. The van der Waals surface area contributed by atoms with E-state index in [1.54, 1.807) is 23.4 Å². The summed E-state index contributed by atoms with van der Waals surface area (Å²) in [7, 11) is -1.18. The van der Waals surface area contributed by atoms with Crippen molar-refractivity contribution in [2.45, 2.75) is 47.0 Å². The molecule has 0 aliphatic carbocycles. The first-order chi connectivity index (χ1) is 19.9. The van der Waals surface area contributed by atoms with Crippen LogP contribution in [-0.2, 0) is 16.4 Å². The summed E-state index contributed by atoms with van der Waals surface area (Å²) in [6.07, 6.45) is 6.05. The molecule has 2 aromatic heterocycles. The molecule has 0 atom stereocenters. The Morgan fingerprint density at radius 1 is 1.19 bits per heavy atom. The van der Waals surface area contributed by atoms with E-state index in [0.717, 1.165) is 60.8 Å². The van der Waals surface area contributed by atoms with Gasteiger partial charge in [0.2, 0.25) is 10.0 Å². The first-order valence-corrected chi connectivity index (χ1v) is 16.1. The van der Waals surface area contributed by atoms with Crippen molar-refractivity contribution < 1.29 is 12.8 Å². The Bertz CT molecular complexity index is 1720. The summed E-state index contributed by atoms with van der Waals surface area (Å²) < 4.78 is 41.1. The predicted octanol–water partition coefficient (Wildman–Crippen LogP) is 5.02. The molecule has 9 nitrogen and oxygen atoms in total. The van der Waals surface area contributed by atoms with E-state index >= 15 is 0 Å². The summed E-state index contributed by atoms with van der Waals surface area (Å²) in [4.78, 5) is 14.2. The van der Waals surface area contributed by atoms with Crippen LogP contribution in [0.4, 0.5) is 15.9 Å². The Balaban J connectivity index is 1.46. The number of aromatic nitrogens is 2. The number of sulfonamides is 1. The number of rotatable bonds is 6. The third-order valence-electron chi connectivity index (χ3n) is 8.67. The van der Waals surface area contributed by atoms with Crippen LogP contribution in [0.2, 0.25) is 0 Å². The molecular weight excluding hydrogens is 553 g/mol. The number of halogens is 1.